The minimum atomic E-state index is -1.12. The Kier molecular flexibility index (Phi) is 6.16. The van der Waals surface area contributed by atoms with Gasteiger partial charge in [-0.2, -0.15) is 0 Å². The minimum absolute atomic E-state index is 0.229. The van der Waals surface area contributed by atoms with Crippen LogP contribution in [0.4, 0.5) is 0 Å². The number of nitrogens with two attached hydrogens (primary N) is 1. The topological polar surface area (TPSA) is 175 Å². The number of primary amides is 1. The van der Waals surface area contributed by atoms with Crippen LogP contribution in [-0.4, -0.2) is 68.5 Å². The Bertz CT molecular complexity index is 1130. The molecular weight excluding hydrogens is 462 g/mol. The third kappa shape index (κ3) is 5.14. The fourth-order valence-electron chi connectivity index (χ4n) is 3.66. The van der Waals surface area contributed by atoms with E-state index in [1.807, 2.05) is 0 Å². The highest BCUT2D eigenvalue weighted by Gasteiger charge is 2.53. The molecule has 4 atom stereocenters. The van der Waals surface area contributed by atoms with Gasteiger partial charge in [0.25, 0.3) is 5.91 Å². The van der Waals surface area contributed by atoms with Gasteiger partial charge in [-0.25, -0.2) is 14.5 Å². The molecular formula is C22H23N5O8. The van der Waals surface area contributed by atoms with E-state index >= 15 is 0 Å². The Morgan fingerprint density at radius 3 is 2.31 bits per heavy atom. The molecule has 2 aliphatic carbocycles. The normalized spacial score (nSPS) is 25.6. The molecule has 13 heteroatoms. The van der Waals surface area contributed by atoms with Gasteiger partial charge in [0.1, 0.15) is 19.0 Å². The monoisotopic (exact) mass is 485 g/mol. The zero-order valence-electron chi connectivity index (χ0n) is 18.5. The Labute approximate surface area is 198 Å². The van der Waals surface area contributed by atoms with Gasteiger partial charge in [-0.05, 0) is 37.8 Å². The van der Waals surface area contributed by atoms with E-state index in [-0.39, 0.29) is 29.8 Å². The van der Waals surface area contributed by atoms with E-state index in [1.165, 1.54) is 23.4 Å². The summed E-state index contributed by atoms with van der Waals surface area (Å²) in [5.41, 5.74) is 5.48. The summed E-state index contributed by atoms with van der Waals surface area (Å²) in [4.78, 5) is 56.8. The van der Waals surface area contributed by atoms with Crippen LogP contribution in [0.25, 0.3) is 0 Å². The van der Waals surface area contributed by atoms with E-state index < -0.39 is 48.4 Å². The lowest BCUT2D eigenvalue weighted by Crippen LogP contribution is -2.42. The molecule has 0 bridgehead atoms. The molecule has 2 aromatic rings. The van der Waals surface area contributed by atoms with Crippen LogP contribution in [0.1, 0.15) is 52.9 Å². The second-order valence-electron chi connectivity index (χ2n) is 8.67. The zero-order chi connectivity index (χ0) is 24.5. The third-order valence-electron chi connectivity index (χ3n) is 5.88. The lowest BCUT2D eigenvalue weighted by Gasteiger charge is -2.24. The Balaban J connectivity index is 1.39. The molecule has 3 fully saturated rings. The highest BCUT2D eigenvalue weighted by atomic mass is 16.7. The molecule has 3 heterocycles. The van der Waals surface area contributed by atoms with Gasteiger partial charge in [0, 0.05) is 12.4 Å². The van der Waals surface area contributed by atoms with Crippen molar-refractivity contribution >= 4 is 23.8 Å². The Hall–Kier alpha value is -3.87. The predicted octanol–water partition coefficient (Wildman–Crippen LogP) is 0.170. The number of aromatic nitrogens is 4. The smallest absolute Gasteiger partial charge is 0.339 e. The molecule has 2 saturated carbocycles. The summed E-state index contributed by atoms with van der Waals surface area (Å²) in [6.07, 6.45) is 2.59. The van der Waals surface area contributed by atoms with Crippen molar-refractivity contribution < 1.29 is 38.1 Å². The fourth-order valence-corrected chi connectivity index (χ4v) is 3.66. The first-order valence-corrected chi connectivity index (χ1v) is 11.2. The van der Waals surface area contributed by atoms with Gasteiger partial charge in [-0.15, -0.1) is 5.10 Å². The first-order chi connectivity index (χ1) is 16.9. The average molecular weight is 485 g/mol. The number of rotatable bonds is 9. The number of carbonyl (C=O) groups excluding carboxylic acids is 4. The molecule has 0 unspecified atom stereocenters. The van der Waals surface area contributed by atoms with Gasteiger partial charge < -0.3 is 24.7 Å². The number of carbonyl (C=O) groups is 4. The first-order valence-electron chi connectivity index (χ1n) is 11.2. The second-order valence-corrected chi connectivity index (χ2v) is 8.67. The second kappa shape index (κ2) is 9.41. The molecule has 0 radical (unpaired) electrons. The molecule has 3 aliphatic rings. The number of hydrogen-bond donors (Lipinski definition) is 1. The van der Waals surface area contributed by atoms with E-state index in [4.69, 9.17) is 24.7 Å². The molecule has 0 spiro atoms. The van der Waals surface area contributed by atoms with Crippen LogP contribution in [0.5, 0.6) is 0 Å². The highest BCUT2D eigenvalue weighted by molar-refractivity contribution is 5.89. The van der Waals surface area contributed by atoms with Crippen molar-refractivity contribution in [2.75, 3.05) is 6.61 Å². The molecule has 2 N–H and O–H groups in total. The fraction of sp³-hybridized carbons (Fsp3) is 0.500. The van der Waals surface area contributed by atoms with Crippen LogP contribution in [0, 0.1) is 11.8 Å². The molecule has 35 heavy (non-hydrogen) atoms. The van der Waals surface area contributed by atoms with Crippen molar-refractivity contribution in [3.63, 3.8) is 0 Å². The summed E-state index contributed by atoms with van der Waals surface area (Å²) in [5.74, 6) is -3.16. The van der Waals surface area contributed by atoms with Crippen molar-refractivity contribution in [2.24, 2.45) is 17.6 Å². The van der Waals surface area contributed by atoms with Crippen molar-refractivity contribution in [1.29, 1.82) is 0 Å². The minimum Gasteiger partial charge on any atom is -0.459 e. The van der Waals surface area contributed by atoms with Crippen LogP contribution in [0.15, 0.2) is 30.9 Å². The van der Waals surface area contributed by atoms with Crippen molar-refractivity contribution in [1.82, 2.24) is 19.7 Å². The highest BCUT2D eigenvalue weighted by Crippen LogP contribution is 2.39. The summed E-state index contributed by atoms with van der Waals surface area (Å²) < 4.78 is 24.0. The summed E-state index contributed by atoms with van der Waals surface area (Å²) >= 11 is 0. The SMILES string of the molecule is NC(=O)c1ncn([C@@H]2O[C@H](COC(=O)c3cccnc3)[C@@H](OC(=O)C3CC3)[C@H]2OC(=O)C2CC2)n1. The van der Waals surface area contributed by atoms with E-state index in [2.05, 4.69) is 15.1 Å². The Morgan fingerprint density at radius 2 is 1.74 bits per heavy atom. The van der Waals surface area contributed by atoms with Gasteiger partial charge in [0.2, 0.25) is 5.82 Å². The molecule has 0 aromatic carbocycles. The van der Waals surface area contributed by atoms with E-state index in [0.29, 0.717) is 25.7 Å². The number of amides is 1. The molecule has 2 aromatic heterocycles. The predicted molar refractivity (Wildman–Crippen MR) is 112 cm³/mol. The lowest BCUT2D eigenvalue weighted by atomic mass is 10.1. The molecule has 184 valence electrons. The number of ether oxygens (including phenoxy) is 4. The summed E-state index contributed by atoms with van der Waals surface area (Å²) in [5, 5.41) is 4.01. The van der Waals surface area contributed by atoms with Crippen molar-refractivity contribution in [2.45, 2.75) is 50.2 Å². The average Bonchev–Trinajstić information content (AvgIpc) is 3.79. The Morgan fingerprint density at radius 1 is 1.06 bits per heavy atom. The molecule has 5 rings (SSSR count). The maximum absolute atomic E-state index is 12.6. The molecule has 1 aliphatic heterocycles. The van der Waals surface area contributed by atoms with Crippen LogP contribution in [-0.2, 0) is 28.5 Å². The molecule has 1 saturated heterocycles. The van der Waals surface area contributed by atoms with Crippen LogP contribution in [0.2, 0.25) is 0 Å². The van der Waals surface area contributed by atoms with E-state index in [1.54, 1.807) is 12.1 Å². The van der Waals surface area contributed by atoms with Crippen LogP contribution in [0.3, 0.4) is 0 Å². The van der Waals surface area contributed by atoms with E-state index in [0.717, 1.165) is 0 Å². The molecule has 13 nitrogen and oxygen atoms in total. The van der Waals surface area contributed by atoms with Crippen LogP contribution < -0.4 is 5.73 Å². The van der Waals surface area contributed by atoms with Crippen molar-refractivity contribution in [3.8, 4) is 0 Å². The first kappa shape index (κ1) is 22.9. The summed E-state index contributed by atoms with van der Waals surface area (Å²) in [6.45, 7) is -0.304. The molecule has 1 amide bonds. The quantitative estimate of drug-likeness (QED) is 0.378. The summed E-state index contributed by atoms with van der Waals surface area (Å²) in [7, 11) is 0. The maximum atomic E-state index is 12.6. The van der Waals surface area contributed by atoms with E-state index in [9.17, 15) is 19.2 Å². The standard InChI is InChI=1S/C22H23N5O8/c23-17(28)18-25-10-27(26-18)19-16(35-22(31)12-5-6-12)15(34-21(30)11-3-4-11)14(33-19)9-32-20(29)13-2-1-7-24-8-13/h1-2,7-8,10-12,14-16,19H,3-6,9H2,(H2,23,28)/t14-,15-,16-,19-/m1/s1. The number of pyridine rings is 1. The van der Waals surface area contributed by atoms with Gasteiger partial charge in [0.15, 0.2) is 18.4 Å². The van der Waals surface area contributed by atoms with Gasteiger partial charge in [-0.1, -0.05) is 0 Å². The maximum Gasteiger partial charge on any atom is 0.339 e. The van der Waals surface area contributed by atoms with Crippen LogP contribution >= 0.6 is 0 Å². The number of nitrogens with zero attached hydrogens (tertiary/aromatic N) is 4. The van der Waals surface area contributed by atoms with Gasteiger partial charge >= 0.3 is 17.9 Å². The number of esters is 3. The lowest BCUT2D eigenvalue weighted by molar-refractivity contribution is -0.170. The third-order valence-corrected chi connectivity index (χ3v) is 5.88. The zero-order valence-corrected chi connectivity index (χ0v) is 18.5. The van der Waals surface area contributed by atoms with Gasteiger partial charge in [-0.3, -0.25) is 19.4 Å². The van der Waals surface area contributed by atoms with Gasteiger partial charge in [0.05, 0.1) is 17.4 Å². The number of hydrogen-bond acceptors (Lipinski definition) is 11. The largest absolute Gasteiger partial charge is 0.459 e. The van der Waals surface area contributed by atoms with Crippen molar-refractivity contribution in [3.05, 3.63) is 42.2 Å². The summed E-state index contributed by atoms with van der Waals surface area (Å²) in [6, 6.07) is 3.13.